The monoisotopic (exact) mass is 221 g/mol. The van der Waals surface area contributed by atoms with Gasteiger partial charge in [-0.1, -0.05) is 12.1 Å². The predicted molar refractivity (Wildman–Crippen MR) is 56.3 cm³/mol. The van der Waals surface area contributed by atoms with E-state index < -0.39 is 12.1 Å². The molecular formula is C11H11NO4. The standard InChI is InChI=1S/C11H11NO4/c1-6-9(12-16-10(6)11(14)15)7-2-4-8(13)5-3-7/h2-6,10,13H,1H3,(H,14,15). The highest BCUT2D eigenvalue weighted by atomic mass is 16.7. The van der Waals surface area contributed by atoms with Crippen molar-refractivity contribution in [3.05, 3.63) is 29.8 Å². The number of carbonyl (C=O) groups is 1. The fourth-order valence-electron chi connectivity index (χ4n) is 1.64. The topological polar surface area (TPSA) is 79.1 Å². The van der Waals surface area contributed by atoms with Crippen LogP contribution in [-0.4, -0.2) is 28.0 Å². The van der Waals surface area contributed by atoms with Crippen molar-refractivity contribution in [1.29, 1.82) is 0 Å². The number of rotatable bonds is 2. The zero-order valence-corrected chi connectivity index (χ0v) is 8.62. The van der Waals surface area contributed by atoms with E-state index in [0.29, 0.717) is 5.71 Å². The summed E-state index contributed by atoms with van der Waals surface area (Å²) < 4.78 is 0. The molecule has 1 aliphatic rings. The van der Waals surface area contributed by atoms with Crippen molar-refractivity contribution in [3.63, 3.8) is 0 Å². The van der Waals surface area contributed by atoms with E-state index >= 15 is 0 Å². The first-order valence-corrected chi connectivity index (χ1v) is 4.85. The Morgan fingerprint density at radius 2 is 2.00 bits per heavy atom. The van der Waals surface area contributed by atoms with Crippen LogP contribution in [0.5, 0.6) is 5.75 Å². The average Bonchev–Trinajstić information content (AvgIpc) is 2.61. The number of carboxylic acids is 1. The molecule has 5 nitrogen and oxygen atoms in total. The van der Waals surface area contributed by atoms with Crippen LogP contribution in [0.1, 0.15) is 12.5 Å². The Morgan fingerprint density at radius 3 is 2.50 bits per heavy atom. The molecule has 0 aliphatic carbocycles. The number of phenolic OH excluding ortho intramolecular Hbond substituents is 1. The van der Waals surface area contributed by atoms with E-state index in [4.69, 9.17) is 15.1 Å². The summed E-state index contributed by atoms with van der Waals surface area (Å²) in [6, 6.07) is 6.41. The maximum Gasteiger partial charge on any atom is 0.348 e. The summed E-state index contributed by atoms with van der Waals surface area (Å²) in [4.78, 5) is 15.7. The molecule has 2 rings (SSSR count). The van der Waals surface area contributed by atoms with Gasteiger partial charge in [-0.3, -0.25) is 0 Å². The van der Waals surface area contributed by atoms with E-state index in [1.165, 1.54) is 12.1 Å². The lowest BCUT2D eigenvalue weighted by molar-refractivity contribution is -0.150. The zero-order chi connectivity index (χ0) is 11.7. The van der Waals surface area contributed by atoms with Gasteiger partial charge >= 0.3 is 5.97 Å². The third kappa shape index (κ3) is 1.71. The molecule has 1 aliphatic heterocycles. The summed E-state index contributed by atoms with van der Waals surface area (Å²) >= 11 is 0. The van der Waals surface area contributed by atoms with E-state index in [1.807, 2.05) is 0 Å². The Balaban J connectivity index is 2.24. The lowest BCUT2D eigenvalue weighted by Crippen LogP contribution is -2.29. The minimum atomic E-state index is -1.02. The van der Waals surface area contributed by atoms with Crippen molar-refractivity contribution < 1.29 is 19.8 Å². The van der Waals surface area contributed by atoms with Gasteiger partial charge in [0.25, 0.3) is 0 Å². The first kappa shape index (κ1) is 10.5. The van der Waals surface area contributed by atoms with Crippen LogP contribution in [0.4, 0.5) is 0 Å². The Hall–Kier alpha value is -2.04. The highest BCUT2D eigenvalue weighted by Gasteiger charge is 2.36. The second-order valence-electron chi connectivity index (χ2n) is 3.68. The highest BCUT2D eigenvalue weighted by molar-refractivity contribution is 6.05. The van der Waals surface area contributed by atoms with Crippen molar-refractivity contribution in [2.45, 2.75) is 13.0 Å². The maximum absolute atomic E-state index is 10.8. The molecule has 1 aromatic carbocycles. The van der Waals surface area contributed by atoms with Gasteiger partial charge in [0.1, 0.15) is 5.75 Å². The lowest BCUT2D eigenvalue weighted by Gasteiger charge is -2.09. The molecule has 0 bridgehead atoms. The number of carboxylic acid groups (broad SMARTS) is 1. The van der Waals surface area contributed by atoms with Crippen LogP contribution in [0.3, 0.4) is 0 Å². The van der Waals surface area contributed by atoms with Crippen LogP contribution < -0.4 is 0 Å². The number of benzene rings is 1. The molecule has 5 heteroatoms. The first-order valence-electron chi connectivity index (χ1n) is 4.85. The third-order valence-electron chi connectivity index (χ3n) is 2.56. The summed E-state index contributed by atoms with van der Waals surface area (Å²) in [6.07, 6.45) is -0.927. The van der Waals surface area contributed by atoms with Gasteiger partial charge in [0, 0.05) is 5.56 Å². The number of hydrogen-bond acceptors (Lipinski definition) is 4. The van der Waals surface area contributed by atoms with E-state index in [0.717, 1.165) is 5.56 Å². The van der Waals surface area contributed by atoms with Crippen LogP contribution in [0.2, 0.25) is 0 Å². The summed E-state index contributed by atoms with van der Waals surface area (Å²) in [6.45, 7) is 1.75. The second kappa shape index (κ2) is 3.84. The van der Waals surface area contributed by atoms with Crippen molar-refractivity contribution in [1.82, 2.24) is 0 Å². The Kier molecular flexibility index (Phi) is 2.52. The third-order valence-corrected chi connectivity index (χ3v) is 2.56. The summed E-state index contributed by atoms with van der Waals surface area (Å²) in [7, 11) is 0. The fourth-order valence-corrected chi connectivity index (χ4v) is 1.64. The molecule has 0 amide bonds. The molecule has 2 N–H and O–H groups in total. The van der Waals surface area contributed by atoms with Crippen molar-refractivity contribution in [2.75, 3.05) is 0 Å². The van der Waals surface area contributed by atoms with Crippen LogP contribution in [-0.2, 0) is 9.63 Å². The van der Waals surface area contributed by atoms with Crippen LogP contribution in [0.25, 0.3) is 0 Å². The Labute approximate surface area is 92.0 Å². The van der Waals surface area contributed by atoms with Gasteiger partial charge in [0.15, 0.2) is 0 Å². The molecule has 0 saturated carbocycles. The van der Waals surface area contributed by atoms with Crippen molar-refractivity contribution >= 4 is 11.7 Å². The van der Waals surface area contributed by atoms with Gasteiger partial charge in [0.2, 0.25) is 6.10 Å². The minimum Gasteiger partial charge on any atom is -0.508 e. The maximum atomic E-state index is 10.8. The van der Waals surface area contributed by atoms with Gasteiger partial charge in [-0.05, 0) is 24.3 Å². The van der Waals surface area contributed by atoms with Crippen molar-refractivity contribution in [3.8, 4) is 5.75 Å². The number of oxime groups is 1. The van der Waals surface area contributed by atoms with Gasteiger partial charge in [0.05, 0.1) is 11.6 Å². The Bertz CT molecular complexity index is 438. The normalized spacial score (nSPS) is 23.7. The smallest absolute Gasteiger partial charge is 0.348 e. The summed E-state index contributed by atoms with van der Waals surface area (Å²) in [5.41, 5.74) is 1.35. The van der Waals surface area contributed by atoms with E-state index in [1.54, 1.807) is 19.1 Å². The SMILES string of the molecule is CC1C(c2ccc(O)cc2)=NOC1C(=O)O. The van der Waals surface area contributed by atoms with E-state index in [-0.39, 0.29) is 11.7 Å². The molecule has 84 valence electrons. The molecule has 2 unspecified atom stereocenters. The van der Waals surface area contributed by atoms with Crippen LogP contribution >= 0.6 is 0 Å². The number of nitrogens with zero attached hydrogens (tertiary/aromatic N) is 1. The minimum absolute atomic E-state index is 0.158. The first-order chi connectivity index (χ1) is 7.59. The van der Waals surface area contributed by atoms with Gasteiger partial charge in [-0.25, -0.2) is 4.79 Å². The predicted octanol–water partition coefficient (Wildman–Crippen LogP) is 1.22. The largest absolute Gasteiger partial charge is 0.508 e. The molecule has 0 spiro atoms. The van der Waals surface area contributed by atoms with Gasteiger partial charge < -0.3 is 15.1 Å². The number of aliphatic carboxylic acids is 1. The van der Waals surface area contributed by atoms with E-state index in [9.17, 15) is 4.79 Å². The molecule has 2 atom stereocenters. The van der Waals surface area contributed by atoms with Crippen LogP contribution in [0.15, 0.2) is 29.4 Å². The molecule has 0 saturated heterocycles. The zero-order valence-electron chi connectivity index (χ0n) is 8.62. The van der Waals surface area contributed by atoms with Crippen LogP contribution in [0, 0.1) is 5.92 Å². The molecule has 0 radical (unpaired) electrons. The Morgan fingerprint density at radius 1 is 1.38 bits per heavy atom. The summed E-state index contributed by atoms with van der Waals surface area (Å²) in [5, 5.41) is 21.8. The molecule has 1 aromatic rings. The molecule has 0 fully saturated rings. The highest BCUT2D eigenvalue weighted by Crippen LogP contribution is 2.24. The fraction of sp³-hybridized carbons (Fsp3) is 0.273. The number of hydrogen-bond donors (Lipinski definition) is 2. The lowest BCUT2D eigenvalue weighted by atomic mass is 9.94. The molecular weight excluding hydrogens is 210 g/mol. The van der Waals surface area contributed by atoms with E-state index in [2.05, 4.69) is 5.16 Å². The quantitative estimate of drug-likeness (QED) is 0.786. The number of aromatic hydroxyl groups is 1. The number of phenols is 1. The molecule has 16 heavy (non-hydrogen) atoms. The average molecular weight is 221 g/mol. The van der Waals surface area contributed by atoms with Gasteiger partial charge in [-0.15, -0.1) is 0 Å². The molecule has 1 heterocycles. The van der Waals surface area contributed by atoms with Gasteiger partial charge in [-0.2, -0.15) is 0 Å². The molecule has 0 aromatic heterocycles. The van der Waals surface area contributed by atoms with Crippen molar-refractivity contribution in [2.24, 2.45) is 11.1 Å². The second-order valence-corrected chi connectivity index (χ2v) is 3.68. The summed E-state index contributed by atoms with van der Waals surface area (Å²) in [5.74, 6) is -1.17.